The number of benzene rings is 1. The molecule has 24 heavy (non-hydrogen) atoms. The molecule has 136 valence electrons. The molecule has 0 radical (unpaired) electrons. The van der Waals surface area contributed by atoms with Crippen LogP contribution in [0.1, 0.15) is 23.2 Å². The summed E-state index contributed by atoms with van der Waals surface area (Å²) in [5, 5.41) is 2.14. The minimum atomic E-state index is -2.30. The van der Waals surface area contributed by atoms with Crippen molar-refractivity contribution in [1.29, 1.82) is 0 Å². The Bertz CT molecular complexity index is 582. The van der Waals surface area contributed by atoms with E-state index in [2.05, 4.69) is 5.32 Å². The Morgan fingerprint density at radius 3 is 1.83 bits per heavy atom. The summed E-state index contributed by atoms with van der Waals surface area (Å²) in [7, 11) is 0.806. The van der Waals surface area contributed by atoms with Crippen LogP contribution in [0.25, 0.3) is 0 Å². The van der Waals surface area contributed by atoms with Crippen LogP contribution in [-0.4, -0.2) is 35.2 Å². The van der Waals surface area contributed by atoms with Gasteiger partial charge in [-0.1, -0.05) is 0 Å². The van der Waals surface area contributed by atoms with Gasteiger partial charge in [0.25, 0.3) is 5.91 Å². The smallest absolute Gasteiger partial charge is 0.334 e. The van der Waals surface area contributed by atoms with Gasteiger partial charge >= 0.3 is 8.56 Å². The van der Waals surface area contributed by atoms with Gasteiger partial charge in [0.1, 0.15) is 5.56 Å². The molecule has 0 aromatic heterocycles. The van der Waals surface area contributed by atoms with Crippen LogP contribution in [0.2, 0.25) is 12.6 Å². The molecule has 1 N–H and O–H groups in total. The second kappa shape index (κ2) is 8.54. The summed E-state index contributed by atoms with van der Waals surface area (Å²) < 4.78 is 76.5. The molecule has 1 rings (SSSR count). The minimum absolute atomic E-state index is 0.0102. The first-order valence-corrected chi connectivity index (χ1v) is 9.60. The number of carbonyl (C=O) groups is 1. The average molecular weight is 371 g/mol. The minimum Gasteiger partial charge on any atom is -0.398 e. The standard InChI is InChI=1S/C14H18F5NO3Si/c1-22-24(3,23-2)7-5-4-6-20-14(21)8-9(15)11(17)13(19)12(18)10(8)16/h4-7H2,1-3H3,(H,20,21). The molecule has 0 aliphatic rings. The second-order valence-electron chi connectivity index (χ2n) is 5.20. The Labute approximate surface area is 137 Å². The van der Waals surface area contributed by atoms with Crippen molar-refractivity contribution in [3.8, 4) is 0 Å². The summed E-state index contributed by atoms with van der Waals surface area (Å²) in [6, 6.07) is 0.623. The number of halogens is 5. The fourth-order valence-corrected chi connectivity index (χ4v) is 3.42. The normalized spacial score (nSPS) is 11.7. The van der Waals surface area contributed by atoms with Gasteiger partial charge in [-0.3, -0.25) is 4.79 Å². The van der Waals surface area contributed by atoms with Crippen molar-refractivity contribution in [2.24, 2.45) is 0 Å². The lowest BCUT2D eigenvalue weighted by Gasteiger charge is -2.22. The lowest BCUT2D eigenvalue weighted by atomic mass is 10.1. The zero-order valence-corrected chi connectivity index (χ0v) is 14.4. The molecule has 1 aromatic carbocycles. The first kappa shape index (κ1) is 20.5. The van der Waals surface area contributed by atoms with E-state index in [9.17, 15) is 26.7 Å². The predicted molar refractivity (Wildman–Crippen MR) is 78.2 cm³/mol. The Morgan fingerprint density at radius 2 is 1.38 bits per heavy atom. The van der Waals surface area contributed by atoms with Gasteiger partial charge in [-0.15, -0.1) is 0 Å². The molecule has 0 spiro atoms. The van der Waals surface area contributed by atoms with E-state index >= 15 is 0 Å². The maximum Gasteiger partial charge on any atom is 0.334 e. The Balaban J connectivity index is 2.65. The largest absolute Gasteiger partial charge is 0.398 e. The van der Waals surface area contributed by atoms with Crippen molar-refractivity contribution in [2.75, 3.05) is 20.8 Å². The van der Waals surface area contributed by atoms with E-state index in [1.54, 1.807) is 0 Å². The van der Waals surface area contributed by atoms with Crippen molar-refractivity contribution >= 4 is 14.5 Å². The highest BCUT2D eigenvalue weighted by Gasteiger charge is 2.30. The van der Waals surface area contributed by atoms with E-state index in [0.717, 1.165) is 0 Å². The summed E-state index contributed by atoms with van der Waals surface area (Å²) >= 11 is 0. The highest BCUT2D eigenvalue weighted by molar-refractivity contribution is 6.65. The Kier molecular flexibility index (Phi) is 7.30. The number of hydrogen-bond acceptors (Lipinski definition) is 3. The van der Waals surface area contributed by atoms with Gasteiger partial charge < -0.3 is 14.2 Å². The van der Waals surface area contributed by atoms with Crippen LogP contribution in [0, 0.1) is 29.1 Å². The van der Waals surface area contributed by atoms with E-state index < -0.39 is 49.1 Å². The molecule has 0 unspecified atom stereocenters. The average Bonchev–Trinajstić information content (AvgIpc) is 2.57. The molecule has 0 bridgehead atoms. The molecule has 1 amide bonds. The van der Waals surface area contributed by atoms with Crippen molar-refractivity contribution in [1.82, 2.24) is 5.32 Å². The van der Waals surface area contributed by atoms with Gasteiger partial charge in [0.15, 0.2) is 23.3 Å². The molecule has 0 saturated heterocycles. The number of hydrogen-bond donors (Lipinski definition) is 1. The molecule has 0 aliphatic carbocycles. The molecule has 10 heteroatoms. The van der Waals surface area contributed by atoms with E-state index in [1.165, 1.54) is 14.2 Å². The molecular formula is C14H18F5NO3Si. The highest BCUT2D eigenvalue weighted by Crippen LogP contribution is 2.23. The molecule has 0 fully saturated rings. The van der Waals surface area contributed by atoms with Gasteiger partial charge in [0, 0.05) is 20.8 Å². The van der Waals surface area contributed by atoms with Gasteiger partial charge in [-0.2, -0.15) is 0 Å². The third kappa shape index (κ3) is 4.52. The maximum atomic E-state index is 13.5. The fourth-order valence-electron chi connectivity index (χ4n) is 1.95. The van der Waals surface area contributed by atoms with E-state index in [1.807, 2.05) is 6.55 Å². The van der Waals surface area contributed by atoms with Gasteiger partial charge in [0.2, 0.25) is 5.82 Å². The van der Waals surface area contributed by atoms with Crippen LogP contribution in [0.15, 0.2) is 0 Å². The van der Waals surface area contributed by atoms with Crippen LogP contribution in [-0.2, 0) is 8.85 Å². The fraction of sp³-hybridized carbons (Fsp3) is 0.500. The summed E-state index contributed by atoms with van der Waals surface area (Å²) in [6.45, 7) is 1.86. The zero-order chi connectivity index (χ0) is 18.5. The second-order valence-corrected chi connectivity index (χ2v) is 8.78. The van der Waals surface area contributed by atoms with Crippen LogP contribution in [0.5, 0.6) is 0 Å². The monoisotopic (exact) mass is 371 g/mol. The number of nitrogens with one attached hydrogen (secondary N) is 1. The zero-order valence-electron chi connectivity index (χ0n) is 13.4. The molecule has 0 heterocycles. The van der Waals surface area contributed by atoms with Crippen LogP contribution in [0.3, 0.4) is 0 Å². The van der Waals surface area contributed by atoms with Crippen LogP contribution in [0.4, 0.5) is 22.0 Å². The van der Waals surface area contributed by atoms with Gasteiger partial charge in [-0.25, -0.2) is 22.0 Å². The third-order valence-electron chi connectivity index (χ3n) is 3.64. The summed E-state index contributed by atoms with van der Waals surface area (Å²) in [6.07, 6.45) is 1.03. The van der Waals surface area contributed by atoms with Crippen molar-refractivity contribution in [3.63, 3.8) is 0 Å². The number of carbonyl (C=O) groups excluding carboxylic acids is 1. The third-order valence-corrected chi connectivity index (χ3v) is 6.63. The molecule has 0 aliphatic heterocycles. The first-order valence-electron chi connectivity index (χ1n) is 7.08. The molecule has 1 aromatic rings. The van der Waals surface area contributed by atoms with Crippen molar-refractivity contribution in [3.05, 3.63) is 34.6 Å². The SMILES string of the molecule is CO[Si](C)(CCCCNC(=O)c1c(F)c(F)c(F)c(F)c1F)OC. The quantitative estimate of drug-likeness (QED) is 0.251. The lowest BCUT2D eigenvalue weighted by Crippen LogP contribution is -2.36. The Hall–Kier alpha value is -1.52. The number of amides is 1. The molecule has 0 atom stereocenters. The van der Waals surface area contributed by atoms with E-state index in [-0.39, 0.29) is 6.54 Å². The van der Waals surface area contributed by atoms with E-state index in [0.29, 0.717) is 18.9 Å². The number of unbranched alkanes of at least 4 members (excludes halogenated alkanes) is 1. The lowest BCUT2D eigenvalue weighted by molar-refractivity contribution is 0.0941. The molecular weight excluding hydrogens is 353 g/mol. The summed E-state index contributed by atoms with van der Waals surface area (Å²) in [5.41, 5.74) is -1.49. The van der Waals surface area contributed by atoms with Gasteiger partial charge in [0.05, 0.1) is 0 Å². The van der Waals surface area contributed by atoms with Gasteiger partial charge in [-0.05, 0) is 25.4 Å². The van der Waals surface area contributed by atoms with Crippen molar-refractivity contribution in [2.45, 2.75) is 25.4 Å². The summed E-state index contributed by atoms with van der Waals surface area (Å²) in [4.78, 5) is 11.7. The number of rotatable bonds is 8. The van der Waals surface area contributed by atoms with Crippen LogP contribution < -0.4 is 5.32 Å². The topological polar surface area (TPSA) is 47.6 Å². The summed E-state index contributed by atoms with van der Waals surface area (Å²) in [5.74, 6) is -12.3. The predicted octanol–water partition coefficient (Wildman–Crippen LogP) is 3.26. The molecule has 4 nitrogen and oxygen atoms in total. The highest BCUT2D eigenvalue weighted by atomic mass is 28.4. The molecule has 0 saturated carbocycles. The first-order chi connectivity index (χ1) is 11.2. The maximum absolute atomic E-state index is 13.5. The van der Waals surface area contributed by atoms with Crippen molar-refractivity contribution < 1.29 is 35.6 Å². The Morgan fingerprint density at radius 1 is 0.917 bits per heavy atom. The van der Waals surface area contributed by atoms with Crippen LogP contribution >= 0.6 is 0 Å². The van der Waals surface area contributed by atoms with E-state index in [4.69, 9.17) is 8.85 Å².